The van der Waals surface area contributed by atoms with E-state index in [0.717, 1.165) is 38.0 Å². The third kappa shape index (κ3) is 5.72. The molecule has 0 radical (unpaired) electrons. The van der Waals surface area contributed by atoms with Gasteiger partial charge in [-0.15, -0.1) is 12.4 Å². The fourth-order valence-corrected chi connectivity index (χ4v) is 2.93. The first-order chi connectivity index (χ1) is 10.6. The van der Waals surface area contributed by atoms with Crippen LogP contribution in [0.15, 0.2) is 24.3 Å². The number of nitrogens with one attached hydrogen (secondary N) is 1. The second-order valence-electron chi connectivity index (χ2n) is 5.55. The highest BCUT2D eigenvalue weighted by Crippen LogP contribution is 2.24. The van der Waals surface area contributed by atoms with Crippen LogP contribution < -0.4 is 10.1 Å². The van der Waals surface area contributed by atoms with Gasteiger partial charge in [-0.1, -0.05) is 11.6 Å². The Kier molecular flexibility index (Phi) is 8.45. The molecule has 1 saturated heterocycles. The molecule has 1 fully saturated rings. The Morgan fingerprint density at radius 1 is 1.43 bits per heavy atom. The van der Waals surface area contributed by atoms with E-state index in [1.807, 2.05) is 11.9 Å². The van der Waals surface area contributed by atoms with Crippen LogP contribution in [0.2, 0.25) is 5.02 Å². The second-order valence-corrected chi connectivity index (χ2v) is 5.98. The molecule has 0 bridgehead atoms. The molecule has 1 heterocycles. The Balaban J connectivity index is 0.00000264. The Morgan fingerprint density at radius 2 is 2.13 bits per heavy atom. The number of hydrogen-bond acceptors (Lipinski definition) is 3. The number of piperidine rings is 1. The van der Waals surface area contributed by atoms with Gasteiger partial charge in [-0.3, -0.25) is 4.79 Å². The maximum absolute atomic E-state index is 12.3. The van der Waals surface area contributed by atoms with Crippen LogP contribution >= 0.6 is 24.0 Å². The zero-order chi connectivity index (χ0) is 15.9. The van der Waals surface area contributed by atoms with E-state index in [1.165, 1.54) is 0 Å². The summed E-state index contributed by atoms with van der Waals surface area (Å²) in [7, 11) is 3.58. The minimum absolute atomic E-state index is 0. The van der Waals surface area contributed by atoms with Gasteiger partial charge >= 0.3 is 0 Å². The molecule has 0 unspecified atom stereocenters. The first-order valence-electron chi connectivity index (χ1n) is 7.59. The molecular weight excluding hydrogens is 335 g/mol. The van der Waals surface area contributed by atoms with E-state index in [0.29, 0.717) is 16.7 Å². The number of carbonyl (C=O) groups is 1. The second kappa shape index (κ2) is 9.81. The molecule has 1 N–H and O–H groups in total. The third-order valence-electron chi connectivity index (χ3n) is 4.02. The van der Waals surface area contributed by atoms with Crippen LogP contribution in [0, 0.1) is 5.92 Å². The van der Waals surface area contributed by atoms with Gasteiger partial charge in [-0.2, -0.15) is 0 Å². The Bertz CT molecular complexity index is 541. The lowest BCUT2D eigenvalue weighted by Crippen LogP contribution is -2.39. The standard InChI is InChI=1S/C17H23ClN2O2.ClH/c1-19-12-13-7-9-20(10-8-13)17(21)6-3-14-11-15(18)4-5-16(14)22-2;/h3-6,11,13,19H,7-10,12H2,1-2H3;1H. The van der Waals surface area contributed by atoms with Crippen molar-refractivity contribution in [2.75, 3.05) is 33.8 Å². The molecule has 0 saturated carbocycles. The van der Waals surface area contributed by atoms with Crippen molar-refractivity contribution in [3.8, 4) is 5.75 Å². The summed E-state index contributed by atoms with van der Waals surface area (Å²) in [6.07, 6.45) is 5.49. The molecule has 0 atom stereocenters. The number of halogens is 2. The molecule has 0 aromatic heterocycles. The van der Waals surface area contributed by atoms with E-state index < -0.39 is 0 Å². The molecule has 6 heteroatoms. The minimum atomic E-state index is 0. The van der Waals surface area contributed by atoms with E-state index in [1.54, 1.807) is 37.5 Å². The Hall–Kier alpha value is -1.23. The lowest BCUT2D eigenvalue weighted by molar-refractivity contribution is -0.127. The van der Waals surface area contributed by atoms with Crippen LogP contribution in [0.5, 0.6) is 5.75 Å². The number of likely N-dealkylation sites (tertiary alicyclic amines) is 1. The zero-order valence-corrected chi connectivity index (χ0v) is 15.1. The number of rotatable bonds is 5. The summed E-state index contributed by atoms with van der Waals surface area (Å²) < 4.78 is 5.28. The summed E-state index contributed by atoms with van der Waals surface area (Å²) >= 11 is 5.99. The maximum Gasteiger partial charge on any atom is 0.246 e. The summed E-state index contributed by atoms with van der Waals surface area (Å²) in [6.45, 7) is 2.67. The average molecular weight is 359 g/mol. The molecule has 0 spiro atoms. The number of nitrogens with zero attached hydrogens (tertiary/aromatic N) is 1. The molecule has 1 aromatic rings. The Morgan fingerprint density at radius 3 is 2.74 bits per heavy atom. The molecule has 0 aliphatic carbocycles. The van der Waals surface area contributed by atoms with Gasteiger partial charge in [0.05, 0.1) is 7.11 Å². The summed E-state index contributed by atoms with van der Waals surface area (Å²) in [4.78, 5) is 14.2. The van der Waals surface area contributed by atoms with Gasteiger partial charge in [-0.25, -0.2) is 0 Å². The van der Waals surface area contributed by atoms with E-state index in [-0.39, 0.29) is 18.3 Å². The van der Waals surface area contributed by atoms with Crippen molar-refractivity contribution in [1.29, 1.82) is 0 Å². The van der Waals surface area contributed by atoms with Gasteiger partial charge in [0.2, 0.25) is 5.91 Å². The monoisotopic (exact) mass is 358 g/mol. The van der Waals surface area contributed by atoms with Crippen LogP contribution in [0.4, 0.5) is 0 Å². The molecule has 23 heavy (non-hydrogen) atoms. The fraction of sp³-hybridized carbons (Fsp3) is 0.471. The van der Waals surface area contributed by atoms with E-state index >= 15 is 0 Å². The number of hydrogen-bond donors (Lipinski definition) is 1. The van der Waals surface area contributed by atoms with Gasteiger partial charge in [0.15, 0.2) is 0 Å². The molecular formula is C17H24Cl2N2O2. The van der Waals surface area contributed by atoms with Crippen LogP contribution in [-0.4, -0.2) is 44.6 Å². The lowest BCUT2D eigenvalue weighted by Gasteiger charge is -2.31. The first-order valence-corrected chi connectivity index (χ1v) is 7.97. The van der Waals surface area contributed by atoms with Crippen LogP contribution in [0.25, 0.3) is 6.08 Å². The van der Waals surface area contributed by atoms with Gasteiger partial charge in [0.1, 0.15) is 5.75 Å². The quantitative estimate of drug-likeness (QED) is 0.821. The van der Waals surface area contributed by atoms with Gasteiger partial charge in [0, 0.05) is 29.8 Å². The number of ether oxygens (including phenoxy) is 1. The van der Waals surface area contributed by atoms with Gasteiger partial charge < -0.3 is 15.0 Å². The smallest absolute Gasteiger partial charge is 0.246 e. The highest BCUT2D eigenvalue weighted by Gasteiger charge is 2.20. The average Bonchev–Trinajstić information content (AvgIpc) is 2.54. The highest BCUT2D eigenvalue weighted by molar-refractivity contribution is 6.30. The number of methoxy groups -OCH3 is 1. The number of amides is 1. The van der Waals surface area contributed by atoms with Crippen molar-refractivity contribution in [3.05, 3.63) is 34.9 Å². The van der Waals surface area contributed by atoms with Crippen molar-refractivity contribution < 1.29 is 9.53 Å². The molecule has 128 valence electrons. The van der Waals surface area contributed by atoms with Crippen molar-refractivity contribution in [1.82, 2.24) is 10.2 Å². The molecule has 1 amide bonds. The first kappa shape index (κ1) is 19.8. The number of carbonyl (C=O) groups excluding carboxylic acids is 1. The predicted octanol–water partition coefficient (Wildman–Crippen LogP) is 3.24. The summed E-state index contributed by atoms with van der Waals surface area (Å²) in [5.41, 5.74) is 0.813. The minimum Gasteiger partial charge on any atom is -0.496 e. The van der Waals surface area contributed by atoms with Crippen molar-refractivity contribution in [2.24, 2.45) is 5.92 Å². The third-order valence-corrected chi connectivity index (χ3v) is 4.25. The summed E-state index contributed by atoms with van der Waals surface area (Å²) in [6, 6.07) is 5.37. The van der Waals surface area contributed by atoms with E-state index in [9.17, 15) is 4.79 Å². The van der Waals surface area contributed by atoms with Gasteiger partial charge in [0.25, 0.3) is 0 Å². The highest BCUT2D eigenvalue weighted by atomic mass is 35.5. The fourth-order valence-electron chi connectivity index (χ4n) is 2.75. The van der Waals surface area contributed by atoms with Crippen molar-refractivity contribution in [2.45, 2.75) is 12.8 Å². The SMILES string of the molecule is CNCC1CCN(C(=O)C=Cc2cc(Cl)ccc2OC)CC1.Cl. The summed E-state index contributed by atoms with van der Waals surface area (Å²) in [5.74, 6) is 1.43. The van der Waals surface area contributed by atoms with E-state index in [2.05, 4.69) is 5.32 Å². The summed E-state index contributed by atoms with van der Waals surface area (Å²) in [5, 5.41) is 3.83. The molecule has 1 aliphatic rings. The normalized spacial score (nSPS) is 15.5. The van der Waals surface area contributed by atoms with E-state index in [4.69, 9.17) is 16.3 Å². The van der Waals surface area contributed by atoms with Gasteiger partial charge in [-0.05, 0) is 56.6 Å². The zero-order valence-electron chi connectivity index (χ0n) is 13.5. The maximum atomic E-state index is 12.3. The van der Waals surface area contributed by atoms with Crippen LogP contribution in [0.3, 0.4) is 0 Å². The van der Waals surface area contributed by atoms with Crippen molar-refractivity contribution >= 4 is 36.0 Å². The predicted molar refractivity (Wildman–Crippen MR) is 97.5 cm³/mol. The number of benzene rings is 1. The molecule has 1 aromatic carbocycles. The molecule has 2 rings (SSSR count). The van der Waals surface area contributed by atoms with Crippen LogP contribution in [-0.2, 0) is 4.79 Å². The molecule has 4 nitrogen and oxygen atoms in total. The lowest BCUT2D eigenvalue weighted by atomic mass is 9.97. The topological polar surface area (TPSA) is 41.6 Å². The molecule has 1 aliphatic heterocycles. The Labute approximate surface area is 149 Å². The largest absolute Gasteiger partial charge is 0.496 e. The van der Waals surface area contributed by atoms with Crippen molar-refractivity contribution in [3.63, 3.8) is 0 Å². The van der Waals surface area contributed by atoms with Crippen LogP contribution in [0.1, 0.15) is 18.4 Å².